The highest BCUT2D eigenvalue weighted by Crippen LogP contribution is 2.04. The summed E-state index contributed by atoms with van der Waals surface area (Å²) in [6, 6.07) is 0.467. The molecule has 0 atom stereocenters. The Morgan fingerprint density at radius 3 is 2.92 bits per heavy atom. The lowest BCUT2D eigenvalue weighted by atomic mass is 10.7. The third-order valence-electron chi connectivity index (χ3n) is 1.70. The number of hydrogen-bond acceptors (Lipinski definition) is 3. The molecular formula is C8H13N2O3+. The number of methoxy groups -OCH3 is 1. The summed E-state index contributed by atoms with van der Waals surface area (Å²) >= 11 is 0. The van der Waals surface area contributed by atoms with Crippen molar-refractivity contribution < 1.29 is 18.8 Å². The van der Waals surface area contributed by atoms with Gasteiger partial charge in [0.15, 0.2) is 0 Å². The van der Waals surface area contributed by atoms with Gasteiger partial charge in [0.05, 0.1) is 20.7 Å². The van der Waals surface area contributed by atoms with E-state index in [-0.39, 0.29) is 0 Å². The van der Waals surface area contributed by atoms with Gasteiger partial charge in [-0.3, -0.25) is 0 Å². The zero-order valence-electron chi connectivity index (χ0n) is 7.98. The van der Waals surface area contributed by atoms with Gasteiger partial charge in [-0.15, -0.1) is 0 Å². The predicted octanol–water partition coefficient (Wildman–Crippen LogP) is 0.478. The second-order valence-electron chi connectivity index (χ2n) is 2.53. The average molecular weight is 185 g/mol. The molecule has 0 aromatic carbocycles. The molecule has 0 aliphatic carbocycles. The molecule has 0 amide bonds. The highest BCUT2D eigenvalue weighted by molar-refractivity contribution is 5.61. The fraction of sp³-hybridized carbons (Fsp3) is 0.500. The normalized spacial score (nSPS) is 9.77. The summed E-state index contributed by atoms with van der Waals surface area (Å²) in [5.41, 5.74) is 0. The van der Waals surface area contributed by atoms with Crippen molar-refractivity contribution in [3.05, 3.63) is 12.4 Å². The number of imidazole rings is 1. The van der Waals surface area contributed by atoms with Crippen molar-refractivity contribution in [1.29, 1.82) is 0 Å². The van der Waals surface area contributed by atoms with Gasteiger partial charge >= 0.3 is 12.2 Å². The largest absolute Gasteiger partial charge is 0.518 e. The summed E-state index contributed by atoms with van der Waals surface area (Å²) in [6.45, 7) is 2.71. The number of rotatable bonds is 2. The monoisotopic (exact) mass is 185 g/mol. The van der Waals surface area contributed by atoms with Gasteiger partial charge in [-0.05, 0) is 6.92 Å². The van der Waals surface area contributed by atoms with Crippen molar-refractivity contribution in [2.24, 2.45) is 7.05 Å². The Labute approximate surface area is 76.5 Å². The van der Waals surface area contributed by atoms with Crippen LogP contribution in [0, 0.1) is 0 Å². The first kappa shape index (κ1) is 9.57. The lowest BCUT2D eigenvalue weighted by molar-refractivity contribution is -0.675. The van der Waals surface area contributed by atoms with Gasteiger partial charge in [0.2, 0.25) is 0 Å². The lowest BCUT2D eigenvalue weighted by Gasteiger charge is -1.99. The quantitative estimate of drug-likeness (QED) is 0.497. The van der Waals surface area contributed by atoms with E-state index in [1.807, 2.05) is 19.3 Å². The van der Waals surface area contributed by atoms with Crippen LogP contribution in [-0.2, 0) is 18.3 Å². The molecule has 0 radical (unpaired) electrons. The molecule has 5 heteroatoms. The molecule has 1 rings (SSSR count). The molecular weight excluding hydrogens is 172 g/mol. The summed E-state index contributed by atoms with van der Waals surface area (Å²) in [7, 11) is 3.08. The SMILES string of the molecule is CCn1cc[n+](C)c1OC(=O)OC. The lowest BCUT2D eigenvalue weighted by Crippen LogP contribution is -2.30. The van der Waals surface area contributed by atoms with Crippen LogP contribution >= 0.6 is 0 Å². The maximum Gasteiger partial charge on any atom is 0.518 e. The Bertz CT molecular complexity index is 306. The molecule has 72 valence electrons. The Hall–Kier alpha value is -1.52. The molecule has 0 N–H and O–H groups in total. The fourth-order valence-electron chi connectivity index (χ4n) is 0.998. The molecule has 0 unspecified atom stereocenters. The molecule has 0 fully saturated rings. The van der Waals surface area contributed by atoms with E-state index in [2.05, 4.69) is 4.74 Å². The molecule has 0 saturated carbocycles. The molecule has 1 aromatic rings. The van der Waals surface area contributed by atoms with Gasteiger partial charge in [-0.2, -0.15) is 9.13 Å². The summed E-state index contributed by atoms with van der Waals surface area (Å²) in [5.74, 6) is 0. The molecule has 0 saturated heterocycles. The van der Waals surface area contributed by atoms with Gasteiger partial charge in [-0.1, -0.05) is 0 Å². The second-order valence-corrected chi connectivity index (χ2v) is 2.53. The van der Waals surface area contributed by atoms with Crippen LogP contribution in [0.3, 0.4) is 0 Å². The van der Waals surface area contributed by atoms with Crippen LogP contribution < -0.4 is 9.30 Å². The third kappa shape index (κ3) is 1.99. The van der Waals surface area contributed by atoms with Crippen molar-refractivity contribution in [3.8, 4) is 6.01 Å². The number of carbonyl (C=O) groups excluding carboxylic acids is 1. The van der Waals surface area contributed by atoms with E-state index in [9.17, 15) is 4.79 Å². The van der Waals surface area contributed by atoms with Crippen LogP contribution in [0.5, 0.6) is 6.01 Å². The number of aryl methyl sites for hydroxylation is 2. The molecule has 0 aliphatic rings. The molecule has 0 bridgehead atoms. The summed E-state index contributed by atoms with van der Waals surface area (Å²) in [5, 5.41) is 0. The first-order chi connectivity index (χ1) is 6.19. The standard InChI is InChI=1S/C8H13N2O3/c1-4-10-6-5-9(2)7(10)13-8(11)12-3/h5-6H,4H2,1-3H3/q+1. The number of aromatic nitrogens is 2. The second kappa shape index (κ2) is 3.93. The van der Waals surface area contributed by atoms with Crippen LogP contribution in [0.15, 0.2) is 12.4 Å². The Morgan fingerprint density at radius 1 is 1.69 bits per heavy atom. The van der Waals surface area contributed by atoms with Gasteiger partial charge < -0.3 is 9.47 Å². The summed E-state index contributed by atoms with van der Waals surface area (Å²) in [4.78, 5) is 10.8. The first-order valence-corrected chi connectivity index (χ1v) is 3.99. The van der Waals surface area contributed by atoms with E-state index < -0.39 is 6.16 Å². The van der Waals surface area contributed by atoms with Crippen molar-refractivity contribution >= 4 is 6.16 Å². The third-order valence-corrected chi connectivity index (χ3v) is 1.70. The zero-order valence-corrected chi connectivity index (χ0v) is 7.98. The average Bonchev–Trinajstić information content (AvgIpc) is 2.48. The van der Waals surface area contributed by atoms with Crippen molar-refractivity contribution in [2.75, 3.05) is 7.11 Å². The van der Waals surface area contributed by atoms with Gasteiger partial charge in [0, 0.05) is 0 Å². The molecule has 13 heavy (non-hydrogen) atoms. The fourth-order valence-corrected chi connectivity index (χ4v) is 0.998. The van der Waals surface area contributed by atoms with Crippen LogP contribution in [0.2, 0.25) is 0 Å². The van der Waals surface area contributed by atoms with Crippen molar-refractivity contribution in [2.45, 2.75) is 13.5 Å². The minimum Gasteiger partial charge on any atom is -0.437 e. The minimum absolute atomic E-state index is 0.467. The molecule has 0 aliphatic heterocycles. The molecule has 5 nitrogen and oxygen atoms in total. The smallest absolute Gasteiger partial charge is 0.437 e. The van der Waals surface area contributed by atoms with Crippen LogP contribution in [0.1, 0.15) is 6.92 Å². The Kier molecular flexibility index (Phi) is 2.89. The molecule has 1 heterocycles. The number of carbonyl (C=O) groups is 1. The van der Waals surface area contributed by atoms with E-state index in [0.29, 0.717) is 6.01 Å². The van der Waals surface area contributed by atoms with Gasteiger partial charge in [0.1, 0.15) is 12.4 Å². The van der Waals surface area contributed by atoms with E-state index in [1.54, 1.807) is 16.2 Å². The predicted molar refractivity (Wildman–Crippen MR) is 44.3 cm³/mol. The van der Waals surface area contributed by atoms with E-state index in [1.165, 1.54) is 7.11 Å². The number of ether oxygens (including phenoxy) is 2. The van der Waals surface area contributed by atoms with E-state index in [4.69, 9.17) is 4.74 Å². The maximum atomic E-state index is 10.8. The van der Waals surface area contributed by atoms with Gasteiger partial charge in [0.25, 0.3) is 0 Å². The summed E-state index contributed by atoms with van der Waals surface area (Å²) in [6.07, 6.45) is 2.93. The first-order valence-electron chi connectivity index (χ1n) is 3.99. The highest BCUT2D eigenvalue weighted by atomic mass is 16.7. The molecule has 0 spiro atoms. The minimum atomic E-state index is -0.705. The van der Waals surface area contributed by atoms with Crippen LogP contribution in [0.4, 0.5) is 4.79 Å². The summed E-state index contributed by atoms with van der Waals surface area (Å²) < 4.78 is 12.8. The Morgan fingerprint density at radius 2 is 2.38 bits per heavy atom. The maximum absolute atomic E-state index is 10.8. The van der Waals surface area contributed by atoms with E-state index >= 15 is 0 Å². The topological polar surface area (TPSA) is 44.3 Å². The Balaban J connectivity index is 2.85. The van der Waals surface area contributed by atoms with Crippen molar-refractivity contribution in [1.82, 2.24) is 4.57 Å². The number of nitrogens with zero attached hydrogens (tertiary/aromatic N) is 2. The highest BCUT2D eigenvalue weighted by Gasteiger charge is 2.18. The van der Waals surface area contributed by atoms with Gasteiger partial charge in [-0.25, -0.2) is 4.79 Å². The van der Waals surface area contributed by atoms with Crippen LogP contribution in [-0.4, -0.2) is 17.8 Å². The van der Waals surface area contributed by atoms with E-state index in [0.717, 1.165) is 6.54 Å². The number of hydrogen-bond donors (Lipinski definition) is 0. The zero-order chi connectivity index (χ0) is 9.84. The van der Waals surface area contributed by atoms with Crippen LogP contribution in [0.25, 0.3) is 0 Å². The molecule has 1 aromatic heterocycles. The van der Waals surface area contributed by atoms with Crippen molar-refractivity contribution in [3.63, 3.8) is 0 Å².